The molecule has 0 saturated carbocycles. The summed E-state index contributed by atoms with van der Waals surface area (Å²) in [6.07, 6.45) is 0.406. The molecule has 17 heavy (non-hydrogen) atoms. The lowest BCUT2D eigenvalue weighted by atomic mass is 10.2. The van der Waals surface area contributed by atoms with Gasteiger partial charge in [0.25, 0.3) is 0 Å². The molecule has 4 nitrogen and oxygen atoms in total. The van der Waals surface area contributed by atoms with E-state index in [0.29, 0.717) is 23.6 Å². The second kappa shape index (κ2) is 6.12. The second-order valence-electron chi connectivity index (χ2n) is 3.62. The first kappa shape index (κ1) is 13.3. The Balaban J connectivity index is 2.73. The highest BCUT2D eigenvalue weighted by Gasteiger charge is 2.08. The van der Waals surface area contributed by atoms with E-state index in [1.165, 1.54) is 0 Å². The molecule has 90 valence electrons. The Labute approximate surface area is 106 Å². The highest BCUT2D eigenvalue weighted by atomic mass is 35.5. The zero-order chi connectivity index (χ0) is 12.8. The van der Waals surface area contributed by atoms with Crippen LogP contribution in [-0.2, 0) is 4.79 Å². The number of nitrogens with one attached hydrogen (secondary N) is 1. The molecule has 0 aliphatic carbocycles. The highest BCUT2D eigenvalue weighted by molar-refractivity contribution is 6.33. The number of hydrogen-bond donors (Lipinski definition) is 1. The topological polar surface area (TPSA) is 56.1 Å². The van der Waals surface area contributed by atoms with Gasteiger partial charge in [-0.15, -0.1) is 0 Å². The number of anilines is 1. The van der Waals surface area contributed by atoms with Gasteiger partial charge in [0.2, 0.25) is 5.91 Å². The van der Waals surface area contributed by atoms with Crippen LogP contribution in [0.15, 0.2) is 18.2 Å². The molecular weight excluding hydrogens is 238 g/mol. The molecule has 1 aromatic rings. The van der Waals surface area contributed by atoms with E-state index < -0.39 is 0 Å². The van der Waals surface area contributed by atoms with Crippen LogP contribution in [0.5, 0.6) is 0 Å². The van der Waals surface area contributed by atoms with Gasteiger partial charge in [-0.3, -0.25) is 4.79 Å². The molecule has 0 radical (unpaired) electrons. The molecule has 1 N–H and O–H groups in total. The van der Waals surface area contributed by atoms with E-state index in [0.717, 1.165) is 5.69 Å². The summed E-state index contributed by atoms with van der Waals surface area (Å²) in [7, 11) is 3.47. The first-order chi connectivity index (χ1) is 8.08. The number of hydrogen-bond acceptors (Lipinski definition) is 3. The molecule has 0 fully saturated rings. The summed E-state index contributed by atoms with van der Waals surface area (Å²) in [4.78, 5) is 13.0. The van der Waals surface area contributed by atoms with Gasteiger partial charge in [0.05, 0.1) is 22.3 Å². The quantitative estimate of drug-likeness (QED) is 0.888. The Bertz CT molecular complexity index is 454. The summed E-state index contributed by atoms with van der Waals surface area (Å²) in [5.74, 6) is -0.0124. The van der Waals surface area contributed by atoms with E-state index in [1.54, 1.807) is 25.2 Å². The first-order valence-electron chi connectivity index (χ1n) is 5.20. The van der Waals surface area contributed by atoms with Gasteiger partial charge < -0.3 is 10.2 Å². The van der Waals surface area contributed by atoms with Crippen LogP contribution in [0.3, 0.4) is 0 Å². The average molecular weight is 252 g/mol. The van der Waals surface area contributed by atoms with Crippen LogP contribution in [0.25, 0.3) is 0 Å². The van der Waals surface area contributed by atoms with E-state index >= 15 is 0 Å². The van der Waals surface area contributed by atoms with Crippen LogP contribution < -0.4 is 10.2 Å². The molecule has 0 saturated heterocycles. The molecule has 1 amide bonds. The standard InChI is InChI=1S/C12H14ClN3O/c1-15-12(17)5-6-16(2)11-4-3-9(8-14)7-10(11)13/h3-4,7H,5-6H2,1-2H3,(H,15,17). The molecule has 0 unspecified atom stereocenters. The van der Waals surface area contributed by atoms with Crippen molar-refractivity contribution < 1.29 is 4.79 Å². The first-order valence-corrected chi connectivity index (χ1v) is 5.57. The summed E-state index contributed by atoms with van der Waals surface area (Å²) < 4.78 is 0. The Hall–Kier alpha value is -1.73. The van der Waals surface area contributed by atoms with Crippen molar-refractivity contribution in [1.82, 2.24) is 5.32 Å². The molecule has 0 bridgehead atoms. The number of halogens is 1. The number of carbonyl (C=O) groups excluding carboxylic acids is 1. The molecule has 1 aromatic carbocycles. The fourth-order valence-corrected chi connectivity index (χ4v) is 1.73. The van der Waals surface area contributed by atoms with Gasteiger partial charge in [-0.1, -0.05) is 11.6 Å². The number of carbonyl (C=O) groups is 1. The Morgan fingerprint density at radius 2 is 2.29 bits per heavy atom. The van der Waals surface area contributed by atoms with E-state index in [9.17, 15) is 4.79 Å². The summed E-state index contributed by atoms with van der Waals surface area (Å²) in [5.41, 5.74) is 1.34. The number of nitriles is 1. The maximum Gasteiger partial charge on any atom is 0.221 e. The van der Waals surface area contributed by atoms with Crippen LogP contribution in [0.4, 0.5) is 5.69 Å². The maximum absolute atomic E-state index is 11.1. The van der Waals surface area contributed by atoms with Crippen molar-refractivity contribution in [3.63, 3.8) is 0 Å². The molecule has 0 heterocycles. The fourth-order valence-electron chi connectivity index (χ4n) is 1.40. The average Bonchev–Trinajstić information content (AvgIpc) is 2.35. The van der Waals surface area contributed by atoms with Gasteiger partial charge in [0, 0.05) is 27.1 Å². The van der Waals surface area contributed by atoms with Gasteiger partial charge in [0.15, 0.2) is 0 Å². The van der Waals surface area contributed by atoms with Crippen LogP contribution in [0, 0.1) is 11.3 Å². The normalized spacial score (nSPS) is 9.53. The van der Waals surface area contributed by atoms with Crippen LogP contribution in [-0.4, -0.2) is 26.5 Å². The highest BCUT2D eigenvalue weighted by Crippen LogP contribution is 2.25. The second-order valence-corrected chi connectivity index (χ2v) is 4.03. The summed E-state index contributed by atoms with van der Waals surface area (Å²) >= 11 is 6.06. The molecule has 0 spiro atoms. The van der Waals surface area contributed by atoms with Crippen molar-refractivity contribution in [2.24, 2.45) is 0 Å². The maximum atomic E-state index is 11.1. The van der Waals surface area contributed by atoms with Crippen molar-refractivity contribution >= 4 is 23.2 Å². The van der Waals surface area contributed by atoms with Crippen LogP contribution in [0.1, 0.15) is 12.0 Å². The molecule has 0 atom stereocenters. The summed E-state index contributed by atoms with van der Waals surface area (Å²) in [6, 6.07) is 7.13. The Morgan fingerprint density at radius 3 is 2.82 bits per heavy atom. The fraction of sp³-hybridized carbons (Fsp3) is 0.333. The van der Waals surface area contributed by atoms with Gasteiger partial charge >= 0.3 is 0 Å². The van der Waals surface area contributed by atoms with Gasteiger partial charge in [-0.25, -0.2) is 0 Å². The van der Waals surface area contributed by atoms with Crippen molar-refractivity contribution in [3.8, 4) is 6.07 Å². The van der Waals surface area contributed by atoms with Gasteiger partial charge in [-0.2, -0.15) is 5.26 Å². The number of benzene rings is 1. The minimum absolute atomic E-state index is 0.0124. The summed E-state index contributed by atoms with van der Waals surface area (Å²) in [6.45, 7) is 0.575. The van der Waals surface area contributed by atoms with E-state index in [4.69, 9.17) is 16.9 Å². The smallest absolute Gasteiger partial charge is 0.221 e. The van der Waals surface area contributed by atoms with Gasteiger partial charge in [0.1, 0.15) is 0 Å². The lowest BCUT2D eigenvalue weighted by Gasteiger charge is -2.20. The Kier molecular flexibility index (Phi) is 4.80. The van der Waals surface area contributed by atoms with E-state index in [2.05, 4.69) is 5.32 Å². The number of nitrogens with zero attached hydrogens (tertiary/aromatic N) is 2. The molecular formula is C12H14ClN3O. The third kappa shape index (κ3) is 3.65. The van der Waals surface area contributed by atoms with Crippen LogP contribution >= 0.6 is 11.6 Å². The monoisotopic (exact) mass is 251 g/mol. The lowest BCUT2D eigenvalue weighted by Crippen LogP contribution is -2.26. The third-order valence-electron chi connectivity index (χ3n) is 2.44. The molecule has 5 heteroatoms. The SMILES string of the molecule is CNC(=O)CCN(C)c1ccc(C#N)cc1Cl. The molecule has 0 aromatic heterocycles. The number of amides is 1. The summed E-state index contributed by atoms with van der Waals surface area (Å²) in [5, 5.41) is 11.8. The lowest BCUT2D eigenvalue weighted by molar-refractivity contribution is -0.120. The van der Waals surface area contributed by atoms with E-state index in [1.807, 2.05) is 18.0 Å². The minimum Gasteiger partial charge on any atom is -0.373 e. The van der Waals surface area contributed by atoms with Gasteiger partial charge in [-0.05, 0) is 18.2 Å². The van der Waals surface area contributed by atoms with Crippen LogP contribution in [0.2, 0.25) is 5.02 Å². The molecule has 0 aliphatic rings. The van der Waals surface area contributed by atoms with Crippen molar-refractivity contribution in [3.05, 3.63) is 28.8 Å². The molecule has 1 rings (SSSR count). The number of rotatable bonds is 4. The Morgan fingerprint density at radius 1 is 1.59 bits per heavy atom. The predicted octanol–water partition coefficient (Wildman–Crippen LogP) is 1.78. The zero-order valence-electron chi connectivity index (χ0n) is 9.83. The van der Waals surface area contributed by atoms with E-state index in [-0.39, 0.29) is 5.91 Å². The largest absolute Gasteiger partial charge is 0.373 e. The zero-order valence-corrected chi connectivity index (χ0v) is 10.6. The minimum atomic E-state index is -0.0124. The predicted molar refractivity (Wildman–Crippen MR) is 68.1 cm³/mol. The van der Waals surface area contributed by atoms with Crippen molar-refractivity contribution in [2.75, 3.05) is 25.5 Å². The van der Waals surface area contributed by atoms with Crippen molar-refractivity contribution in [1.29, 1.82) is 5.26 Å². The molecule has 0 aliphatic heterocycles. The third-order valence-corrected chi connectivity index (χ3v) is 2.74. The van der Waals surface area contributed by atoms with Crippen molar-refractivity contribution in [2.45, 2.75) is 6.42 Å².